The third kappa shape index (κ3) is 4.17. The predicted octanol–water partition coefficient (Wildman–Crippen LogP) is 2.36. The van der Waals surface area contributed by atoms with Gasteiger partial charge in [-0.3, -0.25) is 9.78 Å². The fourth-order valence-corrected chi connectivity index (χ4v) is 1.89. The first-order chi connectivity index (χ1) is 10.1. The van der Waals surface area contributed by atoms with E-state index in [4.69, 9.17) is 4.74 Å². The number of benzene rings is 1. The zero-order chi connectivity index (χ0) is 15.2. The summed E-state index contributed by atoms with van der Waals surface area (Å²) in [7, 11) is 1.57. The molecular formula is C15H18N4O2. The quantitative estimate of drug-likeness (QED) is 0.882. The first kappa shape index (κ1) is 14.8. The molecule has 0 aliphatic carbocycles. The van der Waals surface area contributed by atoms with Crippen molar-refractivity contribution in [1.82, 2.24) is 9.97 Å². The summed E-state index contributed by atoms with van der Waals surface area (Å²) in [5, 5.41) is 5.94. The molecule has 0 aliphatic heterocycles. The summed E-state index contributed by atoms with van der Waals surface area (Å²) < 4.78 is 5.22. The van der Waals surface area contributed by atoms with Gasteiger partial charge in [0.05, 0.1) is 24.7 Å². The Labute approximate surface area is 123 Å². The molecule has 6 heteroatoms. The smallest absolute Gasteiger partial charge is 0.221 e. The minimum atomic E-state index is -0.136. The van der Waals surface area contributed by atoms with Gasteiger partial charge in [-0.1, -0.05) is 6.07 Å². The average molecular weight is 286 g/mol. The zero-order valence-corrected chi connectivity index (χ0v) is 12.3. The van der Waals surface area contributed by atoms with E-state index in [1.807, 2.05) is 25.1 Å². The Kier molecular flexibility index (Phi) is 4.71. The Morgan fingerprint density at radius 1 is 1.33 bits per heavy atom. The molecule has 1 amide bonds. The second-order valence-corrected chi connectivity index (χ2v) is 4.62. The third-order valence-corrected chi connectivity index (χ3v) is 2.80. The molecule has 0 saturated heterocycles. The molecule has 110 valence electrons. The van der Waals surface area contributed by atoms with Crippen LogP contribution in [0.3, 0.4) is 0 Å². The second-order valence-electron chi connectivity index (χ2n) is 4.62. The van der Waals surface area contributed by atoms with Crippen LogP contribution in [0.2, 0.25) is 0 Å². The molecule has 21 heavy (non-hydrogen) atoms. The van der Waals surface area contributed by atoms with E-state index in [1.54, 1.807) is 19.5 Å². The lowest BCUT2D eigenvalue weighted by Crippen LogP contribution is -2.08. The number of aryl methyl sites for hydroxylation is 1. The first-order valence-electron chi connectivity index (χ1n) is 6.55. The Morgan fingerprint density at radius 3 is 2.81 bits per heavy atom. The normalized spacial score (nSPS) is 10.0. The number of hydrogen-bond acceptors (Lipinski definition) is 5. The topological polar surface area (TPSA) is 76.1 Å². The Balaban J connectivity index is 2.11. The molecule has 1 heterocycles. The van der Waals surface area contributed by atoms with E-state index < -0.39 is 0 Å². The molecule has 0 atom stereocenters. The molecule has 2 N–H and O–H groups in total. The molecule has 0 aliphatic rings. The number of carbonyl (C=O) groups is 1. The molecule has 0 fully saturated rings. The lowest BCUT2D eigenvalue weighted by molar-refractivity contribution is -0.114. The molecule has 0 radical (unpaired) electrons. The largest absolute Gasteiger partial charge is 0.495 e. The second kappa shape index (κ2) is 6.69. The SMILES string of the molecule is COc1ccc(CNc2cncc(C)n2)cc1NC(C)=O. The van der Waals surface area contributed by atoms with E-state index in [0.29, 0.717) is 23.8 Å². The van der Waals surface area contributed by atoms with E-state index in [0.717, 1.165) is 11.3 Å². The highest BCUT2D eigenvalue weighted by molar-refractivity contribution is 5.90. The minimum Gasteiger partial charge on any atom is -0.495 e. The first-order valence-corrected chi connectivity index (χ1v) is 6.55. The number of amides is 1. The van der Waals surface area contributed by atoms with Gasteiger partial charge in [0, 0.05) is 19.7 Å². The number of hydrogen-bond donors (Lipinski definition) is 2. The van der Waals surface area contributed by atoms with Crippen molar-refractivity contribution >= 4 is 17.4 Å². The highest BCUT2D eigenvalue weighted by Crippen LogP contribution is 2.25. The summed E-state index contributed by atoms with van der Waals surface area (Å²) in [6.07, 6.45) is 3.37. The Morgan fingerprint density at radius 2 is 2.14 bits per heavy atom. The van der Waals surface area contributed by atoms with Gasteiger partial charge in [-0.25, -0.2) is 4.98 Å². The van der Waals surface area contributed by atoms with Gasteiger partial charge in [0.2, 0.25) is 5.91 Å². The summed E-state index contributed by atoms with van der Waals surface area (Å²) >= 11 is 0. The molecule has 0 spiro atoms. The summed E-state index contributed by atoms with van der Waals surface area (Å²) in [6, 6.07) is 5.63. The summed E-state index contributed by atoms with van der Waals surface area (Å²) in [5.41, 5.74) is 2.51. The van der Waals surface area contributed by atoms with Crippen LogP contribution in [0.4, 0.5) is 11.5 Å². The van der Waals surface area contributed by atoms with Crippen molar-refractivity contribution in [2.75, 3.05) is 17.7 Å². The standard InChI is InChI=1S/C15H18N4O2/c1-10-7-16-9-15(18-10)17-8-12-4-5-14(21-3)13(6-12)19-11(2)20/h4-7,9H,8H2,1-3H3,(H,17,18)(H,19,20). The number of carbonyl (C=O) groups excluding carboxylic acids is 1. The van der Waals surface area contributed by atoms with Crippen LogP contribution >= 0.6 is 0 Å². The summed E-state index contributed by atoms with van der Waals surface area (Å²) in [5.74, 6) is 1.21. The van der Waals surface area contributed by atoms with Crippen LogP contribution in [0.1, 0.15) is 18.2 Å². The van der Waals surface area contributed by atoms with E-state index >= 15 is 0 Å². The van der Waals surface area contributed by atoms with Crippen molar-refractivity contribution < 1.29 is 9.53 Å². The number of aromatic nitrogens is 2. The van der Waals surface area contributed by atoms with Crippen molar-refractivity contribution in [3.05, 3.63) is 41.9 Å². The van der Waals surface area contributed by atoms with Gasteiger partial charge in [-0.2, -0.15) is 0 Å². The van der Waals surface area contributed by atoms with Gasteiger partial charge in [-0.05, 0) is 24.6 Å². The van der Waals surface area contributed by atoms with Crippen LogP contribution in [0.15, 0.2) is 30.6 Å². The predicted molar refractivity (Wildman–Crippen MR) is 81.4 cm³/mol. The number of nitrogens with one attached hydrogen (secondary N) is 2. The number of ether oxygens (including phenoxy) is 1. The lowest BCUT2D eigenvalue weighted by Gasteiger charge is -2.12. The van der Waals surface area contributed by atoms with Crippen LogP contribution < -0.4 is 15.4 Å². The van der Waals surface area contributed by atoms with Crippen molar-refractivity contribution in [2.24, 2.45) is 0 Å². The highest BCUT2D eigenvalue weighted by atomic mass is 16.5. The van der Waals surface area contributed by atoms with Crippen LogP contribution in [0.5, 0.6) is 5.75 Å². The van der Waals surface area contributed by atoms with Crippen LogP contribution in [0.25, 0.3) is 0 Å². The molecular weight excluding hydrogens is 268 g/mol. The van der Waals surface area contributed by atoms with Gasteiger partial charge in [0.1, 0.15) is 11.6 Å². The molecule has 6 nitrogen and oxygen atoms in total. The van der Waals surface area contributed by atoms with Gasteiger partial charge in [0.25, 0.3) is 0 Å². The number of nitrogens with zero attached hydrogens (tertiary/aromatic N) is 2. The molecule has 1 aromatic heterocycles. The van der Waals surface area contributed by atoms with Crippen molar-refractivity contribution in [3.63, 3.8) is 0 Å². The molecule has 2 aromatic rings. The van der Waals surface area contributed by atoms with E-state index in [1.165, 1.54) is 6.92 Å². The molecule has 0 unspecified atom stereocenters. The van der Waals surface area contributed by atoms with Crippen molar-refractivity contribution in [2.45, 2.75) is 20.4 Å². The zero-order valence-electron chi connectivity index (χ0n) is 12.3. The van der Waals surface area contributed by atoms with E-state index in [9.17, 15) is 4.79 Å². The van der Waals surface area contributed by atoms with Crippen molar-refractivity contribution in [3.8, 4) is 5.75 Å². The molecule has 1 aromatic carbocycles. The van der Waals surface area contributed by atoms with Crippen LogP contribution in [-0.2, 0) is 11.3 Å². The molecule has 0 saturated carbocycles. The molecule has 2 rings (SSSR count). The van der Waals surface area contributed by atoms with Crippen molar-refractivity contribution in [1.29, 1.82) is 0 Å². The monoisotopic (exact) mass is 286 g/mol. The third-order valence-electron chi connectivity index (χ3n) is 2.80. The highest BCUT2D eigenvalue weighted by Gasteiger charge is 2.06. The molecule has 0 bridgehead atoms. The Hall–Kier alpha value is -2.63. The lowest BCUT2D eigenvalue weighted by atomic mass is 10.2. The van der Waals surface area contributed by atoms with Crippen LogP contribution in [-0.4, -0.2) is 23.0 Å². The van der Waals surface area contributed by atoms with E-state index in [2.05, 4.69) is 20.6 Å². The maximum absolute atomic E-state index is 11.2. The van der Waals surface area contributed by atoms with Gasteiger partial charge in [0.15, 0.2) is 0 Å². The van der Waals surface area contributed by atoms with Gasteiger partial charge < -0.3 is 15.4 Å². The summed E-state index contributed by atoms with van der Waals surface area (Å²) in [6.45, 7) is 3.93. The summed E-state index contributed by atoms with van der Waals surface area (Å²) in [4.78, 5) is 19.6. The average Bonchev–Trinajstić information content (AvgIpc) is 2.45. The number of methoxy groups -OCH3 is 1. The number of anilines is 2. The fraction of sp³-hybridized carbons (Fsp3) is 0.267. The minimum absolute atomic E-state index is 0.136. The van der Waals surface area contributed by atoms with Crippen LogP contribution in [0, 0.1) is 6.92 Å². The maximum Gasteiger partial charge on any atom is 0.221 e. The fourth-order valence-electron chi connectivity index (χ4n) is 1.89. The maximum atomic E-state index is 11.2. The van der Waals surface area contributed by atoms with Gasteiger partial charge in [-0.15, -0.1) is 0 Å². The van der Waals surface area contributed by atoms with E-state index in [-0.39, 0.29) is 5.91 Å². The van der Waals surface area contributed by atoms with Gasteiger partial charge >= 0.3 is 0 Å². The Bertz CT molecular complexity index is 643. The number of rotatable bonds is 5.